The predicted molar refractivity (Wildman–Crippen MR) is 84.5 cm³/mol. The zero-order valence-corrected chi connectivity index (χ0v) is 14.0. The molecule has 1 heterocycles. The molecule has 1 aliphatic carbocycles. The highest BCUT2D eigenvalue weighted by Gasteiger charge is 2.34. The Kier molecular flexibility index (Phi) is 6.48. The Morgan fingerprint density at radius 2 is 1.83 bits per heavy atom. The number of aliphatic carboxylic acids is 2. The summed E-state index contributed by atoms with van der Waals surface area (Å²) in [4.78, 5) is 21.3. The van der Waals surface area contributed by atoms with Gasteiger partial charge in [-0.2, -0.15) is 4.31 Å². The van der Waals surface area contributed by atoms with E-state index in [-0.39, 0.29) is 12.0 Å². The van der Waals surface area contributed by atoms with E-state index in [4.69, 9.17) is 10.2 Å². The minimum atomic E-state index is -2.93. The number of nitrogens with zero attached hydrogens (tertiary/aromatic N) is 1. The first kappa shape index (κ1) is 19.3. The summed E-state index contributed by atoms with van der Waals surface area (Å²) in [6, 6.07) is 0. The molecule has 3 N–H and O–H groups in total. The molecule has 0 radical (unpaired) electrons. The third kappa shape index (κ3) is 5.77. The highest BCUT2D eigenvalue weighted by molar-refractivity contribution is 7.88. The van der Waals surface area contributed by atoms with Crippen LogP contribution in [-0.4, -0.2) is 67.3 Å². The van der Waals surface area contributed by atoms with Gasteiger partial charge >= 0.3 is 11.9 Å². The largest absolute Gasteiger partial charge is 0.481 e. The van der Waals surface area contributed by atoms with Crippen molar-refractivity contribution in [1.82, 2.24) is 9.62 Å². The van der Waals surface area contributed by atoms with E-state index in [2.05, 4.69) is 5.32 Å². The first-order valence-electron chi connectivity index (χ1n) is 7.07. The molecule has 23 heavy (non-hydrogen) atoms. The molecule has 2 aliphatic rings. The molecule has 1 atom stereocenters. The second-order valence-corrected chi connectivity index (χ2v) is 7.65. The number of piperazine rings is 1. The van der Waals surface area contributed by atoms with Crippen molar-refractivity contribution in [2.75, 3.05) is 32.4 Å². The summed E-state index contributed by atoms with van der Waals surface area (Å²) < 4.78 is 23.3. The van der Waals surface area contributed by atoms with Gasteiger partial charge in [-0.05, 0) is 13.3 Å². The van der Waals surface area contributed by atoms with Crippen molar-refractivity contribution < 1.29 is 28.2 Å². The van der Waals surface area contributed by atoms with E-state index in [1.165, 1.54) is 35.7 Å². The molecule has 0 unspecified atom stereocenters. The van der Waals surface area contributed by atoms with Crippen LogP contribution in [0, 0.1) is 5.41 Å². The van der Waals surface area contributed by atoms with Crippen molar-refractivity contribution in [3.63, 3.8) is 0 Å². The van der Waals surface area contributed by atoms with Crippen molar-refractivity contribution in [3.8, 4) is 0 Å². The van der Waals surface area contributed by atoms with Crippen LogP contribution in [0.25, 0.3) is 0 Å². The van der Waals surface area contributed by atoms with Gasteiger partial charge in [-0.1, -0.05) is 18.2 Å². The standard InChI is InChI=1S/C9H10O4.C5H12N2O2S/c1-9(8(12)13)4-2-3-6(5-9)7(10)11;1-10(8,9)7-4-2-6-3-5-7/h2-4H,5H2,1H3,(H,10,11)(H,12,13);6H,2-5H2,1H3/t9-;/m0./s1. The minimum Gasteiger partial charge on any atom is -0.481 e. The molecule has 1 fully saturated rings. The molecule has 2 rings (SSSR count). The van der Waals surface area contributed by atoms with Crippen molar-refractivity contribution in [3.05, 3.63) is 23.8 Å². The highest BCUT2D eigenvalue weighted by Crippen LogP contribution is 2.31. The smallest absolute Gasteiger partial charge is 0.331 e. The fourth-order valence-electron chi connectivity index (χ4n) is 2.16. The molecular weight excluding hydrogens is 324 g/mol. The third-order valence-electron chi connectivity index (χ3n) is 3.63. The van der Waals surface area contributed by atoms with E-state index < -0.39 is 27.4 Å². The Morgan fingerprint density at radius 1 is 1.26 bits per heavy atom. The summed E-state index contributed by atoms with van der Waals surface area (Å²) >= 11 is 0. The monoisotopic (exact) mass is 346 g/mol. The highest BCUT2D eigenvalue weighted by atomic mass is 32.2. The van der Waals surface area contributed by atoms with Gasteiger partial charge in [0.1, 0.15) is 0 Å². The average Bonchev–Trinajstić information content (AvgIpc) is 2.48. The van der Waals surface area contributed by atoms with Gasteiger partial charge in [-0.15, -0.1) is 0 Å². The maximum absolute atomic E-state index is 10.9. The van der Waals surface area contributed by atoms with Gasteiger partial charge in [0.2, 0.25) is 10.0 Å². The summed E-state index contributed by atoms with van der Waals surface area (Å²) in [6.07, 6.45) is 5.68. The number of nitrogens with one attached hydrogen (secondary N) is 1. The van der Waals surface area contributed by atoms with Crippen LogP contribution < -0.4 is 5.32 Å². The van der Waals surface area contributed by atoms with E-state index in [9.17, 15) is 18.0 Å². The quantitative estimate of drug-likeness (QED) is 0.652. The minimum absolute atomic E-state index is 0.0359. The number of carboxylic acid groups (broad SMARTS) is 2. The topological polar surface area (TPSA) is 124 Å². The molecule has 0 spiro atoms. The van der Waals surface area contributed by atoms with Gasteiger partial charge in [0.25, 0.3) is 0 Å². The van der Waals surface area contributed by atoms with Crippen LogP contribution >= 0.6 is 0 Å². The molecule has 9 heteroatoms. The summed E-state index contributed by atoms with van der Waals surface area (Å²) in [5.74, 6) is -2.06. The lowest BCUT2D eigenvalue weighted by Crippen LogP contribution is -2.45. The number of hydrogen-bond acceptors (Lipinski definition) is 5. The molecule has 0 aromatic carbocycles. The molecule has 0 bridgehead atoms. The Balaban J connectivity index is 0.000000238. The van der Waals surface area contributed by atoms with E-state index >= 15 is 0 Å². The Labute approximate surface area is 135 Å². The van der Waals surface area contributed by atoms with Crippen LogP contribution in [0.2, 0.25) is 0 Å². The average molecular weight is 346 g/mol. The Morgan fingerprint density at radius 3 is 2.22 bits per heavy atom. The maximum Gasteiger partial charge on any atom is 0.331 e. The molecule has 130 valence electrons. The van der Waals surface area contributed by atoms with E-state index in [1.54, 1.807) is 0 Å². The number of carboxylic acids is 2. The fraction of sp³-hybridized carbons (Fsp3) is 0.571. The van der Waals surface area contributed by atoms with Crippen molar-refractivity contribution in [1.29, 1.82) is 0 Å². The van der Waals surface area contributed by atoms with Crippen molar-refractivity contribution in [2.45, 2.75) is 13.3 Å². The van der Waals surface area contributed by atoms with E-state index in [0.29, 0.717) is 13.1 Å². The van der Waals surface area contributed by atoms with Crippen molar-refractivity contribution >= 4 is 22.0 Å². The molecule has 0 amide bonds. The van der Waals surface area contributed by atoms with Gasteiger partial charge in [0.15, 0.2) is 0 Å². The molecular formula is C14H22N2O6S. The normalized spacial score (nSPS) is 25.0. The molecule has 0 aromatic rings. The number of allylic oxidation sites excluding steroid dienone is 2. The van der Waals surface area contributed by atoms with Gasteiger partial charge in [0, 0.05) is 31.8 Å². The molecule has 1 aliphatic heterocycles. The van der Waals surface area contributed by atoms with Crippen LogP contribution in [0.3, 0.4) is 0 Å². The Bertz CT molecular complexity index is 619. The second-order valence-electron chi connectivity index (χ2n) is 5.67. The summed E-state index contributed by atoms with van der Waals surface area (Å²) in [5.41, 5.74) is -0.949. The SMILES string of the molecule is CS(=O)(=O)N1CCNCC1.C[C@]1(C(=O)O)C=CC=C(C(=O)O)C1. The van der Waals surface area contributed by atoms with Gasteiger partial charge in [-0.25, -0.2) is 13.2 Å². The van der Waals surface area contributed by atoms with E-state index in [0.717, 1.165) is 13.1 Å². The zero-order chi connectivity index (χ0) is 17.7. The number of rotatable bonds is 3. The molecule has 0 saturated carbocycles. The lowest BCUT2D eigenvalue weighted by atomic mass is 9.80. The van der Waals surface area contributed by atoms with Crippen LogP contribution in [0.15, 0.2) is 23.8 Å². The Hall–Kier alpha value is -1.71. The first-order valence-corrected chi connectivity index (χ1v) is 8.92. The first-order chi connectivity index (χ1) is 10.6. The molecule has 0 aromatic heterocycles. The lowest BCUT2D eigenvalue weighted by Gasteiger charge is -2.24. The predicted octanol–water partition coefficient (Wildman–Crippen LogP) is -0.101. The van der Waals surface area contributed by atoms with Crippen LogP contribution in [0.5, 0.6) is 0 Å². The van der Waals surface area contributed by atoms with Crippen LogP contribution in [-0.2, 0) is 19.6 Å². The zero-order valence-electron chi connectivity index (χ0n) is 13.2. The summed E-state index contributed by atoms with van der Waals surface area (Å²) in [5, 5.41) is 20.6. The van der Waals surface area contributed by atoms with E-state index in [1.807, 2.05) is 0 Å². The van der Waals surface area contributed by atoms with Gasteiger partial charge in [0.05, 0.1) is 11.7 Å². The molecule has 1 saturated heterocycles. The van der Waals surface area contributed by atoms with Gasteiger partial charge in [-0.3, -0.25) is 4.79 Å². The van der Waals surface area contributed by atoms with Gasteiger partial charge < -0.3 is 15.5 Å². The summed E-state index contributed by atoms with van der Waals surface area (Å²) in [7, 11) is -2.93. The van der Waals surface area contributed by atoms with Crippen LogP contribution in [0.4, 0.5) is 0 Å². The number of hydrogen-bond donors (Lipinski definition) is 3. The number of carbonyl (C=O) groups is 2. The van der Waals surface area contributed by atoms with Crippen LogP contribution in [0.1, 0.15) is 13.3 Å². The molecule has 8 nitrogen and oxygen atoms in total. The van der Waals surface area contributed by atoms with Crippen molar-refractivity contribution in [2.24, 2.45) is 5.41 Å². The maximum atomic E-state index is 10.9. The fourth-order valence-corrected chi connectivity index (χ4v) is 3.01. The second kappa shape index (κ2) is 7.71. The number of sulfonamides is 1. The third-order valence-corrected chi connectivity index (χ3v) is 4.93. The summed E-state index contributed by atoms with van der Waals surface area (Å²) in [6.45, 7) is 4.26. The lowest BCUT2D eigenvalue weighted by molar-refractivity contribution is -0.145.